The van der Waals surface area contributed by atoms with Gasteiger partial charge in [0.15, 0.2) is 0 Å². The minimum Gasteiger partial charge on any atom is -0.477 e. The molecule has 1 heterocycles. The summed E-state index contributed by atoms with van der Waals surface area (Å²) in [5, 5.41) is 12.0. The molecule has 0 aromatic heterocycles. The van der Waals surface area contributed by atoms with Crippen molar-refractivity contribution >= 4 is 23.9 Å². The molecule has 94 valence electrons. The van der Waals surface area contributed by atoms with E-state index in [1.807, 2.05) is 30.3 Å². The van der Waals surface area contributed by atoms with Crippen LogP contribution in [0.3, 0.4) is 0 Å². The summed E-state index contributed by atoms with van der Waals surface area (Å²) in [6.45, 7) is 0. The molecule has 4 N–H and O–H groups in total. The Hall–Kier alpha value is -1.95. The van der Waals surface area contributed by atoms with Crippen LogP contribution in [0.4, 0.5) is 0 Å². The van der Waals surface area contributed by atoms with Gasteiger partial charge in [0, 0.05) is 12.0 Å². The van der Waals surface area contributed by atoms with Crippen LogP contribution in [0.2, 0.25) is 0 Å². The number of nitrogens with two attached hydrogens (primary N) is 1. The molecule has 5 nitrogen and oxygen atoms in total. The van der Waals surface area contributed by atoms with Gasteiger partial charge in [0.05, 0.1) is 11.9 Å². The van der Waals surface area contributed by atoms with Gasteiger partial charge in [-0.05, 0) is 5.56 Å². The maximum atomic E-state index is 11.3. The van der Waals surface area contributed by atoms with E-state index in [0.717, 1.165) is 5.56 Å². The highest BCUT2D eigenvalue weighted by molar-refractivity contribution is 8.00. The predicted molar refractivity (Wildman–Crippen MR) is 72.0 cm³/mol. The van der Waals surface area contributed by atoms with E-state index in [1.165, 1.54) is 24.2 Å². The first-order chi connectivity index (χ1) is 8.62. The van der Waals surface area contributed by atoms with Crippen molar-refractivity contribution in [2.75, 3.05) is 0 Å². The van der Waals surface area contributed by atoms with Crippen LogP contribution in [0, 0.1) is 0 Å². The molecule has 1 aromatic rings. The number of hydrogen-bond acceptors (Lipinski definition) is 5. The van der Waals surface area contributed by atoms with Crippen LogP contribution in [-0.2, 0) is 10.5 Å². The van der Waals surface area contributed by atoms with Gasteiger partial charge in [-0.3, -0.25) is 0 Å². The lowest BCUT2D eigenvalue weighted by Gasteiger charge is -2.27. The summed E-state index contributed by atoms with van der Waals surface area (Å²) in [5.41, 5.74) is 6.96. The molecule has 6 heteroatoms. The van der Waals surface area contributed by atoms with Gasteiger partial charge in [0.2, 0.25) is 0 Å². The molecule has 0 fully saturated rings. The van der Waals surface area contributed by atoms with Gasteiger partial charge in [-0.1, -0.05) is 42.1 Å². The van der Waals surface area contributed by atoms with Crippen molar-refractivity contribution in [3.63, 3.8) is 0 Å². The van der Waals surface area contributed by atoms with Crippen LogP contribution in [0.1, 0.15) is 5.56 Å². The van der Waals surface area contributed by atoms with Gasteiger partial charge in [-0.2, -0.15) is 0 Å². The standard InChI is InChI=1S/C12H13N3O2S/c13-10-6-14-12(11(16)17,15-7-10)18-8-9-4-2-1-3-5-9/h1-7,14H,8,13H2,(H,16,17). The molecule has 1 aliphatic heterocycles. The van der Waals surface area contributed by atoms with Crippen molar-refractivity contribution < 1.29 is 9.90 Å². The third kappa shape index (κ3) is 2.65. The number of nitrogens with one attached hydrogen (secondary N) is 1. The lowest BCUT2D eigenvalue weighted by atomic mass is 10.2. The third-order valence-electron chi connectivity index (χ3n) is 2.41. The van der Waals surface area contributed by atoms with Crippen LogP contribution < -0.4 is 11.1 Å². The Labute approximate surface area is 109 Å². The van der Waals surface area contributed by atoms with Gasteiger partial charge >= 0.3 is 5.97 Å². The van der Waals surface area contributed by atoms with Crippen LogP contribution in [0.5, 0.6) is 0 Å². The quantitative estimate of drug-likeness (QED) is 0.758. The Bertz CT molecular complexity index is 501. The first kappa shape index (κ1) is 12.5. The predicted octanol–water partition coefficient (Wildman–Crippen LogP) is 1.13. The van der Waals surface area contributed by atoms with E-state index in [-0.39, 0.29) is 0 Å². The van der Waals surface area contributed by atoms with Crippen LogP contribution in [-0.4, -0.2) is 22.3 Å². The lowest BCUT2D eigenvalue weighted by Crippen LogP contribution is -2.47. The average Bonchev–Trinajstić information content (AvgIpc) is 2.39. The highest BCUT2D eigenvalue weighted by Crippen LogP contribution is 2.29. The maximum absolute atomic E-state index is 11.3. The van der Waals surface area contributed by atoms with Crippen molar-refractivity contribution in [2.24, 2.45) is 10.7 Å². The molecule has 0 aliphatic carbocycles. The Morgan fingerprint density at radius 2 is 2.17 bits per heavy atom. The van der Waals surface area contributed by atoms with Gasteiger partial charge in [0.1, 0.15) is 0 Å². The molecule has 0 amide bonds. The summed E-state index contributed by atoms with van der Waals surface area (Å²) in [7, 11) is 0. The molecule has 1 aromatic carbocycles. The number of carbonyl (C=O) groups is 1. The van der Waals surface area contributed by atoms with Crippen LogP contribution in [0.15, 0.2) is 47.2 Å². The Morgan fingerprint density at radius 1 is 1.44 bits per heavy atom. The fraction of sp³-hybridized carbons (Fsp3) is 0.167. The number of thioether (sulfide) groups is 1. The van der Waals surface area contributed by atoms with E-state index in [2.05, 4.69) is 10.3 Å². The fourth-order valence-corrected chi connectivity index (χ4v) is 2.40. The largest absolute Gasteiger partial charge is 0.477 e. The topological polar surface area (TPSA) is 87.7 Å². The molecular formula is C12H13N3O2S. The molecule has 1 unspecified atom stereocenters. The smallest absolute Gasteiger partial charge is 0.363 e. The Balaban J connectivity index is 2.09. The van der Waals surface area contributed by atoms with E-state index >= 15 is 0 Å². The molecule has 0 saturated heterocycles. The van der Waals surface area contributed by atoms with Crippen LogP contribution >= 0.6 is 11.8 Å². The second-order valence-corrected chi connectivity index (χ2v) is 4.94. The van der Waals surface area contributed by atoms with Crippen molar-refractivity contribution in [3.8, 4) is 0 Å². The summed E-state index contributed by atoms with van der Waals surface area (Å²) in [4.78, 5) is 13.9. The van der Waals surface area contributed by atoms with Crippen molar-refractivity contribution in [1.29, 1.82) is 0 Å². The first-order valence-electron chi connectivity index (χ1n) is 5.32. The monoisotopic (exact) mass is 263 g/mol. The van der Waals surface area contributed by atoms with Gasteiger partial charge in [-0.15, -0.1) is 0 Å². The number of aliphatic carboxylic acids is 1. The van der Waals surface area contributed by atoms with Gasteiger partial charge < -0.3 is 16.2 Å². The van der Waals surface area contributed by atoms with E-state index in [4.69, 9.17) is 5.73 Å². The van der Waals surface area contributed by atoms with Gasteiger partial charge in [-0.25, -0.2) is 9.79 Å². The van der Waals surface area contributed by atoms with E-state index in [1.54, 1.807) is 0 Å². The number of benzene rings is 1. The second kappa shape index (κ2) is 5.14. The number of allylic oxidation sites excluding steroid dienone is 1. The number of carboxylic acid groups (broad SMARTS) is 1. The summed E-state index contributed by atoms with van der Waals surface area (Å²) in [5.74, 6) is -0.492. The molecule has 1 aliphatic rings. The zero-order valence-electron chi connectivity index (χ0n) is 9.54. The molecule has 0 saturated carbocycles. The third-order valence-corrected chi connectivity index (χ3v) is 3.70. The number of carboxylic acids is 1. The average molecular weight is 263 g/mol. The van der Waals surface area contributed by atoms with E-state index < -0.39 is 11.0 Å². The zero-order valence-corrected chi connectivity index (χ0v) is 10.4. The van der Waals surface area contributed by atoms with E-state index in [0.29, 0.717) is 11.4 Å². The van der Waals surface area contributed by atoms with Crippen LogP contribution in [0.25, 0.3) is 0 Å². The van der Waals surface area contributed by atoms with Gasteiger partial charge in [0.25, 0.3) is 4.99 Å². The normalized spacial score (nSPS) is 22.1. The summed E-state index contributed by atoms with van der Waals surface area (Å²) >= 11 is 1.20. The minimum atomic E-state index is -1.39. The molecule has 0 spiro atoms. The maximum Gasteiger partial charge on any atom is 0.363 e. The highest BCUT2D eigenvalue weighted by Gasteiger charge is 2.39. The summed E-state index contributed by atoms with van der Waals surface area (Å²) < 4.78 is 0. The fourth-order valence-electron chi connectivity index (χ4n) is 1.44. The van der Waals surface area contributed by atoms with Crippen molar-refractivity contribution in [2.45, 2.75) is 10.7 Å². The lowest BCUT2D eigenvalue weighted by molar-refractivity contribution is -0.140. The number of hydrogen-bond donors (Lipinski definition) is 3. The number of aliphatic imine (C=N–C) groups is 1. The number of rotatable bonds is 4. The molecule has 2 rings (SSSR count). The second-order valence-electron chi connectivity index (χ2n) is 3.77. The molecule has 0 bridgehead atoms. The summed E-state index contributed by atoms with van der Waals surface area (Å²) in [6.07, 6.45) is 2.82. The Kier molecular flexibility index (Phi) is 3.57. The van der Waals surface area contributed by atoms with E-state index in [9.17, 15) is 9.90 Å². The molecule has 18 heavy (non-hydrogen) atoms. The highest BCUT2D eigenvalue weighted by atomic mass is 32.2. The first-order valence-corrected chi connectivity index (χ1v) is 6.31. The Morgan fingerprint density at radius 3 is 2.72 bits per heavy atom. The van der Waals surface area contributed by atoms with Crippen molar-refractivity contribution in [1.82, 2.24) is 5.32 Å². The molecule has 0 radical (unpaired) electrons. The molecule has 1 atom stereocenters. The number of nitrogens with zero attached hydrogens (tertiary/aromatic N) is 1. The minimum absolute atomic E-state index is 0.409. The van der Waals surface area contributed by atoms with Crippen molar-refractivity contribution in [3.05, 3.63) is 47.8 Å². The summed E-state index contributed by atoms with van der Waals surface area (Å²) in [6, 6.07) is 9.64. The molecular weight excluding hydrogens is 250 g/mol. The SMILES string of the molecule is NC1=CNC(SCc2ccccc2)(C(=O)O)N=C1. The zero-order chi connectivity index (χ0) is 13.0.